The lowest BCUT2D eigenvalue weighted by atomic mass is 10.2. The predicted molar refractivity (Wildman–Crippen MR) is 93.0 cm³/mol. The third-order valence-corrected chi connectivity index (χ3v) is 4.20. The molecule has 5 nitrogen and oxygen atoms in total. The highest BCUT2D eigenvalue weighted by Crippen LogP contribution is 2.19. The average molecular weight is 326 g/mol. The van der Waals surface area contributed by atoms with Gasteiger partial charge in [0.05, 0.1) is 12.6 Å². The van der Waals surface area contributed by atoms with Crippen LogP contribution in [0.2, 0.25) is 0 Å². The van der Waals surface area contributed by atoms with E-state index in [9.17, 15) is 9.90 Å². The highest BCUT2D eigenvalue weighted by Gasteiger charge is 2.27. The fraction of sp³-hybridized carbons (Fsp3) is 0.316. The number of amides is 2. The first kappa shape index (κ1) is 16.3. The van der Waals surface area contributed by atoms with E-state index >= 15 is 0 Å². The van der Waals surface area contributed by atoms with Crippen molar-refractivity contribution in [2.75, 3.05) is 18.5 Å². The first-order valence-corrected chi connectivity index (χ1v) is 8.21. The van der Waals surface area contributed by atoms with Crippen LogP contribution in [-0.2, 0) is 6.61 Å². The maximum Gasteiger partial charge on any atom is 0.322 e. The molecule has 3 rings (SSSR count). The summed E-state index contributed by atoms with van der Waals surface area (Å²) in [5, 5.41) is 12.2. The number of aliphatic hydroxyl groups is 1. The number of benzene rings is 2. The van der Waals surface area contributed by atoms with Crippen molar-refractivity contribution in [1.29, 1.82) is 0 Å². The average Bonchev–Trinajstić information content (AvgIpc) is 3.11. The zero-order chi connectivity index (χ0) is 16.8. The van der Waals surface area contributed by atoms with Crippen LogP contribution in [0.25, 0.3) is 0 Å². The molecular weight excluding hydrogens is 304 g/mol. The second kappa shape index (κ2) is 7.84. The Balaban J connectivity index is 1.53. The Labute approximate surface area is 141 Å². The summed E-state index contributed by atoms with van der Waals surface area (Å²) in [6, 6.07) is 17.0. The first-order chi connectivity index (χ1) is 11.8. The van der Waals surface area contributed by atoms with Gasteiger partial charge in [0.25, 0.3) is 0 Å². The number of urea groups is 1. The molecule has 0 aromatic heterocycles. The zero-order valence-corrected chi connectivity index (χ0v) is 13.5. The molecule has 0 unspecified atom stereocenters. The Kier molecular flexibility index (Phi) is 5.33. The van der Waals surface area contributed by atoms with Crippen LogP contribution in [0, 0.1) is 0 Å². The molecule has 1 aliphatic rings. The minimum atomic E-state index is -0.153. The van der Waals surface area contributed by atoms with Crippen molar-refractivity contribution in [3.8, 4) is 5.75 Å². The van der Waals surface area contributed by atoms with Crippen molar-refractivity contribution in [1.82, 2.24) is 4.90 Å². The topological polar surface area (TPSA) is 61.8 Å². The molecule has 2 amide bonds. The zero-order valence-electron chi connectivity index (χ0n) is 13.5. The molecule has 5 heteroatoms. The van der Waals surface area contributed by atoms with Gasteiger partial charge in [0.1, 0.15) is 12.4 Å². The SMILES string of the molecule is O=C(Nc1ccc(COc2ccccc2)cc1)N1CCC[C@@H]1CO. The first-order valence-electron chi connectivity index (χ1n) is 8.21. The van der Waals surface area contributed by atoms with Crippen molar-refractivity contribution in [2.24, 2.45) is 0 Å². The number of aliphatic hydroxyl groups excluding tert-OH is 1. The van der Waals surface area contributed by atoms with Crippen LogP contribution in [0.5, 0.6) is 5.75 Å². The van der Waals surface area contributed by atoms with Crippen molar-refractivity contribution in [2.45, 2.75) is 25.5 Å². The van der Waals surface area contributed by atoms with Crippen LogP contribution in [-0.4, -0.2) is 35.2 Å². The molecular formula is C19H22N2O3. The van der Waals surface area contributed by atoms with Gasteiger partial charge in [-0.2, -0.15) is 0 Å². The minimum Gasteiger partial charge on any atom is -0.489 e. The van der Waals surface area contributed by atoms with Gasteiger partial charge in [0.15, 0.2) is 0 Å². The molecule has 0 saturated carbocycles. The smallest absolute Gasteiger partial charge is 0.322 e. The molecule has 0 spiro atoms. The lowest BCUT2D eigenvalue weighted by molar-refractivity contribution is 0.166. The summed E-state index contributed by atoms with van der Waals surface area (Å²) in [7, 11) is 0. The van der Waals surface area contributed by atoms with Crippen molar-refractivity contribution in [3.63, 3.8) is 0 Å². The largest absolute Gasteiger partial charge is 0.489 e. The predicted octanol–water partition coefficient (Wildman–Crippen LogP) is 3.25. The number of rotatable bonds is 5. The van der Waals surface area contributed by atoms with Gasteiger partial charge in [-0.1, -0.05) is 30.3 Å². The van der Waals surface area contributed by atoms with E-state index in [2.05, 4.69) is 5.32 Å². The van der Waals surface area contributed by atoms with Gasteiger partial charge < -0.3 is 20.1 Å². The molecule has 1 heterocycles. The van der Waals surface area contributed by atoms with Crippen molar-refractivity contribution in [3.05, 3.63) is 60.2 Å². The van der Waals surface area contributed by atoms with Gasteiger partial charge >= 0.3 is 6.03 Å². The van der Waals surface area contributed by atoms with E-state index in [1.807, 2.05) is 54.6 Å². The second-order valence-electron chi connectivity index (χ2n) is 5.90. The fourth-order valence-corrected chi connectivity index (χ4v) is 2.86. The lowest BCUT2D eigenvalue weighted by Gasteiger charge is -2.23. The molecule has 0 radical (unpaired) electrons. The molecule has 0 bridgehead atoms. The molecule has 24 heavy (non-hydrogen) atoms. The van der Waals surface area contributed by atoms with E-state index in [0.717, 1.165) is 29.8 Å². The summed E-state index contributed by atoms with van der Waals surface area (Å²) in [6.45, 7) is 1.19. The Morgan fingerprint density at radius 1 is 1.17 bits per heavy atom. The van der Waals surface area contributed by atoms with E-state index in [0.29, 0.717) is 13.2 Å². The highest BCUT2D eigenvalue weighted by molar-refractivity contribution is 5.89. The van der Waals surface area contributed by atoms with Crippen LogP contribution >= 0.6 is 0 Å². The molecule has 1 fully saturated rings. The van der Waals surface area contributed by atoms with Crippen LogP contribution in [0.15, 0.2) is 54.6 Å². The number of nitrogens with zero attached hydrogens (tertiary/aromatic N) is 1. The van der Waals surface area contributed by atoms with E-state index < -0.39 is 0 Å². The van der Waals surface area contributed by atoms with Crippen molar-refractivity contribution < 1.29 is 14.6 Å². The van der Waals surface area contributed by atoms with E-state index in [4.69, 9.17) is 4.74 Å². The molecule has 2 aromatic carbocycles. The van der Waals surface area contributed by atoms with Crippen LogP contribution in [0.3, 0.4) is 0 Å². The van der Waals surface area contributed by atoms with Crippen LogP contribution in [0.4, 0.5) is 10.5 Å². The summed E-state index contributed by atoms with van der Waals surface area (Å²) in [5.41, 5.74) is 1.78. The number of hydrogen-bond acceptors (Lipinski definition) is 3. The molecule has 2 aromatic rings. The summed E-state index contributed by atoms with van der Waals surface area (Å²) < 4.78 is 5.70. The number of hydrogen-bond donors (Lipinski definition) is 2. The van der Waals surface area contributed by atoms with Gasteiger partial charge in [-0.3, -0.25) is 0 Å². The Morgan fingerprint density at radius 3 is 2.62 bits per heavy atom. The third kappa shape index (κ3) is 4.06. The Bertz CT molecular complexity index is 658. The third-order valence-electron chi connectivity index (χ3n) is 4.20. The molecule has 2 N–H and O–H groups in total. The molecule has 0 aliphatic carbocycles. The van der Waals surface area contributed by atoms with Crippen molar-refractivity contribution >= 4 is 11.7 Å². The second-order valence-corrected chi connectivity index (χ2v) is 5.90. The monoisotopic (exact) mass is 326 g/mol. The Morgan fingerprint density at radius 2 is 1.92 bits per heavy atom. The van der Waals surface area contributed by atoms with Gasteiger partial charge in [0, 0.05) is 12.2 Å². The maximum absolute atomic E-state index is 12.3. The fourth-order valence-electron chi connectivity index (χ4n) is 2.86. The Hall–Kier alpha value is -2.53. The lowest BCUT2D eigenvalue weighted by Crippen LogP contribution is -2.40. The van der Waals surface area contributed by atoms with E-state index in [-0.39, 0.29) is 18.7 Å². The molecule has 126 valence electrons. The molecule has 1 atom stereocenters. The summed E-state index contributed by atoms with van der Waals surface area (Å²) in [4.78, 5) is 14.0. The molecule has 1 aliphatic heterocycles. The van der Waals surface area contributed by atoms with E-state index in [1.165, 1.54) is 0 Å². The quantitative estimate of drug-likeness (QED) is 0.886. The molecule has 1 saturated heterocycles. The minimum absolute atomic E-state index is 0.0170. The highest BCUT2D eigenvalue weighted by atomic mass is 16.5. The number of anilines is 1. The normalized spacial score (nSPS) is 16.9. The van der Waals surface area contributed by atoms with E-state index in [1.54, 1.807) is 4.90 Å². The number of carbonyl (C=O) groups excluding carboxylic acids is 1. The van der Waals surface area contributed by atoms with Gasteiger partial charge in [-0.25, -0.2) is 4.79 Å². The number of para-hydroxylation sites is 1. The maximum atomic E-state index is 12.3. The van der Waals surface area contributed by atoms with Gasteiger partial charge in [-0.15, -0.1) is 0 Å². The van der Waals surface area contributed by atoms with Gasteiger partial charge in [0.2, 0.25) is 0 Å². The summed E-state index contributed by atoms with van der Waals surface area (Å²) in [5.74, 6) is 0.832. The number of nitrogens with one attached hydrogen (secondary N) is 1. The summed E-state index contributed by atoms with van der Waals surface area (Å²) >= 11 is 0. The van der Waals surface area contributed by atoms with Crippen LogP contribution in [0.1, 0.15) is 18.4 Å². The number of ether oxygens (including phenoxy) is 1. The standard InChI is InChI=1S/C19H22N2O3/c22-13-17-5-4-12-21(17)19(23)20-16-10-8-15(9-11-16)14-24-18-6-2-1-3-7-18/h1-3,6-11,17,22H,4-5,12-14H2,(H,20,23)/t17-/m1/s1. The van der Waals surface area contributed by atoms with Crippen LogP contribution < -0.4 is 10.1 Å². The summed E-state index contributed by atoms with van der Waals surface area (Å²) in [6.07, 6.45) is 1.80. The van der Waals surface area contributed by atoms with Gasteiger partial charge in [-0.05, 0) is 42.7 Å². The number of carbonyl (C=O) groups is 1. The number of likely N-dealkylation sites (tertiary alicyclic amines) is 1.